The molecule has 0 aliphatic carbocycles. The van der Waals surface area contributed by atoms with Crippen LogP contribution in [0.3, 0.4) is 0 Å². The molecular formula is C28H19F2IrN3-2. The van der Waals surface area contributed by atoms with E-state index in [2.05, 4.69) is 27.1 Å². The summed E-state index contributed by atoms with van der Waals surface area (Å²) in [4.78, 5) is 12.8. The molecule has 5 aromatic rings. The van der Waals surface area contributed by atoms with Gasteiger partial charge in [-0.1, -0.05) is 24.3 Å². The summed E-state index contributed by atoms with van der Waals surface area (Å²) >= 11 is 0. The van der Waals surface area contributed by atoms with Crippen molar-refractivity contribution in [3.63, 3.8) is 0 Å². The second kappa shape index (κ2) is 12.0. The molecule has 0 atom stereocenters. The molecule has 6 heteroatoms. The SMILES string of the molecule is Cc1cc(-c2[c-]c(F)c(F)cc2)ncc1-c1ccccn1.[Ir].[c-]1ccccc1-c1ccccn1. The van der Waals surface area contributed by atoms with Crippen LogP contribution in [0.2, 0.25) is 0 Å². The molecule has 3 nitrogen and oxygen atoms in total. The minimum absolute atomic E-state index is 0. The van der Waals surface area contributed by atoms with Gasteiger partial charge < -0.3 is 9.97 Å². The minimum Gasteiger partial charge on any atom is -0.305 e. The van der Waals surface area contributed by atoms with Crippen LogP contribution in [0.4, 0.5) is 8.78 Å². The molecule has 0 N–H and O–H groups in total. The van der Waals surface area contributed by atoms with Crippen molar-refractivity contribution in [1.29, 1.82) is 0 Å². The van der Waals surface area contributed by atoms with Crippen molar-refractivity contribution in [2.45, 2.75) is 6.92 Å². The van der Waals surface area contributed by atoms with Crippen LogP contribution in [-0.4, -0.2) is 15.0 Å². The number of hydrogen-bond donors (Lipinski definition) is 0. The van der Waals surface area contributed by atoms with Gasteiger partial charge in [-0.25, -0.2) is 4.39 Å². The van der Waals surface area contributed by atoms with Gasteiger partial charge in [0.05, 0.1) is 17.3 Å². The number of benzene rings is 2. The third-order valence-electron chi connectivity index (χ3n) is 4.83. The van der Waals surface area contributed by atoms with E-state index in [1.54, 1.807) is 18.6 Å². The Hall–Kier alpha value is -3.60. The summed E-state index contributed by atoms with van der Waals surface area (Å²) < 4.78 is 26.2. The number of aromatic nitrogens is 3. The third kappa shape index (κ3) is 6.25. The molecular weight excluding hydrogens is 609 g/mol. The van der Waals surface area contributed by atoms with Crippen molar-refractivity contribution in [3.05, 3.63) is 127 Å². The molecule has 0 saturated carbocycles. The monoisotopic (exact) mass is 628 g/mol. The molecule has 0 fully saturated rings. The van der Waals surface area contributed by atoms with Crippen LogP contribution >= 0.6 is 0 Å². The van der Waals surface area contributed by atoms with Gasteiger partial charge in [0.2, 0.25) is 0 Å². The molecule has 1 radical (unpaired) electrons. The minimum atomic E-state index is -0.999. The topological polar surface area (TPSA) is 38.7 Å². The summed E-state index contributed by atoms with van der Waals surface area (Å²) in [6.07, 6.45) is 5.18. The number of hydrogen-bond acceptors (Lipinski definition) is 3. The van der Waals surface area contributed by atoms with Crippen LogP contribution in [-0.2, 0) is 20.1 Å². The molecule has 3 aromatic heterocycles. The quantitative estimate of drug-likeness (QED) is 0.208. The number of halogens is 2. The van der Waals surface area contributed by atoms with E-state index < -0.39 is 11.6 Å². The summed E-state index contributed by atoms with van der Waals surface area (Å²) in [5, 5.41) is 0. The van der Waals surface area contributed by atoms with Crippen molar-refractivity contribution >= 4 is 0 Å². The van der Waals surface area contributed by atoms with Gasteiger partial charge in [0.25, 0.3) is 0 Å². The fraction of sp³-hybridized carbons (Fsp3) is 0.0357. The first kappa shape index (κ1) is 25.0. The first-order chi connectivity index (χ1) is 16.1. The van der Waals surface area contributed by atoms with E-state index in [0.717, 1.165) is 34.1 Å². The van der Waals surface area contributed by atoms with Gasteiger partial charge in [0.1, 0.15) is 0 Å². The molecule has 0 saturated heterocycles. The Morgan fingerprint density at radius 3 is 2.00 bits per heavy atom. The molecule has 2 aromatic carbocycles. The van der Waals surface area contributed by atoms with Crippen LogP contribution in [0.15, 0.2) is 97.5 Å². The zero-order valence-corrected chi connectivity index (χ0v) is 20.6. The van der Waals surface area contributed by atoms with E-state index in [-0.39, 0.29) is 20.1 Å². The van der Waals surface area contributed by atoms with Crippen molar-refractivity contribution in [2.24, 2.45) is 0 Å². The van der Waals surface area contributed by atoms with Crippen molar-refractivity contribution in [2.75, 3.05) is 0 Å². The van der Waals surface area contributed by atoms with Gasteiger partial charge in [-0.2, -0.15) is 0 Å². The van der Waals surface area contributed by atoms with Crippen molar-refractivity contribution < 1.29 is 28.9 Å². The molecule has 3 heterocycles. The molecule has 0 unspecified atom stereocenters. The Morgan fingerprint density at radius 2 is 1.41 bits per heavy atom. The predicted molar refractivity (Wildman–Crippen MR) is 125 cm³/mol. The van der Waals surface area contributed by atoms with E-state index >= 15 is 0 Å². The first-order valence-corrected chi connectivity index (χ1v) is 10.3. The van der Waals surface area contributed by atoms with Crippen LogP contribution in [0.1, 0.15) is 5.56 Å². The van der Waals surface area contributed by atoms with Gasteiger partial charge in [-0.3, -0.25) is 9.37 Å². The molecule has 0 aliphatic rings. The summed E-state index contributed by atoms with van der Waals surface area (Å²) in [6.45, 7) is 1.93. The van der Waals surface area contributed by atoms with Gasteiger partial charge in [-0.05, 0) is 42.1 Å². The Bertz CT molecular complexity index is 1290. The van der Waals surface area contributed by atoms with E-state index in [9.17, 15) is 8.78 Å². The summed E-state index contributed by atoms with van der Waals surface area (Å²) in [7, 11) is 0. The Balaban J connectivity index is 0.000000212. The van der Waals surface area contributed by atoms with Gasteiger partial charge in [-0.15, -0.1) is 59.7 Å². The third-order valence-corrected chi connectivity index (χ3v) is 4.83. The Kier molecular flexibility index (Phi) is 8.86. The second-order valence-corrected chi connectivity index (χ2v) is 7.12. The Morgan fingerprint density at radius 1 is 0.706 bits per heavy atom. The number of aryl methyl sites for hydroxylation is 1. The van der Waals surface area contributed by atoms with E-state index in [1.165, 1.54) is 6.07 Å². The van der Waals surface area contributed by atoms with Gasteiger partial charge in [0.15, 0.2) is 0 Å². The fourth-order valence-electron chi connectivity index (χ4n) is 3.17. The number of nitrogens with zero attached hydrogens (tertiary/aromatic N) is 3. The van der Waals surface area contributed by atoms with Gasteiger partial charge in [0, 0.05) is 44.3 Å². The zero-order valence-electron chi connectivity index (χ0n) is 18.2. The van der Waals surface area contributed by atoms with Crippen LogP contribution < -0.4 is 0 Å². The summed E-state index contributed by atoms with van der Waals surface area (Å²) in [6, 6.07) is 29.2. The zero-order chi connectivity index (χ0) is 23.0. The van der Waals surface area contributed by atoms with Crippen LogP contribution in [0.25, 0.3) is 33.8 Å². The normalized spacial score (nSPS) is 9.97. The standard InChI is InChI=1S/C17H11F2N2.C11H8N.Ir/c1-11-8-17(12-5-6-14(18)15(19)9-12)21-10-13(11)16-4-2-3-7-20-16;1-2-6-10(7-3-1)11-8-4-5-9-12-11;/h2-8,10H,1H3;1-6,8-9H;/q2*-1;. The molecule has 0 aliphatic heterocycles. The average molecular weight is 628 g/mol. The maximum Gasteiger partial charge on any atom is 0.0751 e. The molecule has 0 spiro atoms. The molecule has 0 bridgehead atoms. The fourth-order valence-corrected chi connectivity index (χ4v) is 3.17. The maximum absolute atomic E-state index is 13.2. The number of rotatable bonds is 3. The van der Waals surface area contributed by atoms with Crippen LogP contribution in [0.5, 0.6) is 0 Å². The maximum atomic E-state index is 13.2. The van der Waals surface area contributed by atoms with Gasteiger partial charge >= 0.3 is 0 Å². The average Bonchev–Trinajstić information content (AvgIpc) is 2.88. The van der Waals surface area contributed by atoms with E-state index in [0.29, 0.717) is 11.3 Å². The molecule has 5 rings (SSSR count). The second-order valence-electron chi connectivity index (χ2n) is 7.12. The number of pyridine rings is 3. The first-order valence-electron chi connectivity index (χ1n) is 10.3. The summed E-state index contributed by atoms with van der Waals surface area (Å²) in [5.74, 6) is -1.92. The molecule has 34 heavy (non-hydrogen) atoms. The summed E-state index contributed by atoms with van der Waals surface area (Å²) in [5.41, 5.74) is 5.66. The smallest absolute Gasteiger partial charge is 0.0751 e. The van der Waals surface area contributed by atoms with Crippen molar-refractivity contribution in [3.8, 4) is 33.8 Å². The van der Waals surface area contributed by atoms with E-state index in [4.69, 9.17) is 0 Å². The van der Waals surface area contributed by atoms with Crippen LogP contribution in [0, 0.1) is 30.7 Å². The predicted octanol–water partition coefficient (Wildman–Crippen LogP) is 6.74. The molecule has 0 amide bonds. The van der Waals surface area contributed by atoms with Crippen molar-refractivity contribution in [1.82, 2.24) is 15.0 Å². The molecule has 171 valence electrons. The Labute approximate surface area is 210 Å². The largest absolute Gasteiger partial charge is 0.305 e. The van der Waals surface area contributed by atoms with E-state index in [1.807, 2.05) is 73.7 Å².